The fourth-order valence-electron chi connectivity index (χ4n) is 2.38. The third-order valence-corrected chi connectivity index (χ3v) is 3.64. The van der Waals surface area contributed by atoms with Crippen LogP contribution in [-0.4, -0.2) is 10.9 Å². The maximum Gasteiger partial charge on any atom is 0.197 e. The highest BCUT2D eigenvalue weighted by Crippen LogP contribution is 2.30. The second-order valence-corrected chi connectivity index (χ2v) is 5.21. The molecule has 0 aliphatic carbocycles. The SMILES string of the molecule is CCc1oc2cc(Cl)ccc2c1C(=O)c1ccc(O)cc1. The number of phenols is 1. The number of benzene rings is 2. The molecule has 0 atom stereocenters. The Morgan fingerprint density at radius 3 is 2.57 bits per heavy atom. The van der Waals surface area contributed by atoms with Crippen LogP contribution in [0.15, 0.2) is 46.9 Å². The van der Waals surface area contributed by atoms with E-state index in [0.717, 1.165) is 5.39 Å². The number of ketones is 1. The molecule has 1 heterocycles. The highest BCUT2D eigenvalue weighted by atomic mass is 35.5. The van der Waals surface area contributed by atoms with Crippen LogP contribution in [0.25, 0.3) is 11.0 Å². The van der Waals surface area contributed by atoms with Crippen LogP contribution in [-0.2, 0) is 6.42 Å². The summed E-state index contributed by atoms with van der Waals surface area (Å²) in [7, 11) is 0. The van der Waals surface area contributed by atoms with Crippen molar-refractivity contribution in [1.29, 1.82) is 0 Å². The summed E-state index contributed by atoms with van der Waals surface area (Å²) in [6, 6.07) is 11.5. The third kappa shape index (κ3) is 2.41. The first-order valence-electron chi connectivity index (χ1n) is 6.65. The highest BCUT2D eigenvalue weighted by Gasteiger charge is 2.21. The molecule has 0 bridgehead atoms. The van der Waals surface area contributed by atoms with Gasteiger partial charge in [-0.2, -0.15) is 0 Å². The lowest BCUT2D eigenvalue weighted by atomic mass is 9.99. The van der Waals surface area contributed by atoms with Crippen LogP contribution in [0.4, 0.5) is 0 Å². The lowest BCUT2D eigenvalue weighted by Gasteiger charge is -2.02. The molecule has 3 rings (SSSR count). The van der Waals surface area contributed by atoms with Gasteiger partial charge in [0.05, 0.1) is 5.56 Å². The topological polar surface area (TPSA) is 50.4 Å². The molecule has 3 nitrogen and oxygen atoms in total. The summed E-state index contributed by atoms with van der Waals surface area (Å²) in [5, 5.41) is 10.7. The zero-order valence-corrected chi connectivity index (χ0v) is 12.1. The Kier molecular flexibility index (Phi) is 3.43. The number of halogens is 1. The van der Waals surface area contributed by atoms with Crippen LogP contribution < -0.4 is 0 Å². The van der Waals surface area contributed by atoms with Gasteiger partial charge < -0.3 is 9.52 Å². The van der Waals surface area contributed by atoms with Crippen LogP contribution in [0.2, 0.25) is 5.02 Å². The lowest BCUT2D eigenvalue weighted by molar-refractivity contribution is 0.103. The van der Waals surface area contributed by atoms with E-state index < -0.39 is 0 Å². The smallest absolute Gasteiger partial charge is 0.197 e. The van der Waals surface area contributed by atoms with Crippen LogP contribution in [0, 0.1) is 0 Å². The van der Waals surface area contributed by atoms with Crippen molar-refractivity contribution in [2.45, 2.75) is 13.3 Å². The highest BCUT2D eigenvalue weighted by molar-refractivity contribution is 6.31. The first kappa shape index (κ1) is 13.7. The fraction of sp³-hybridized carbons (Fsp3) is 0.118. The van der Waals surface area contributed by atoms with Gasteiger partial charge in [0.15, 0.2) is 5.78 Å². The van der Waals surface area contributed by atoms with Gasteiger partial charge in [-0.1, -0.05) is 18.5 Å². The summed E-state index contributed by atoms with van der Waals surface area (Å²) in [5.41, 5.74) is 1.69. The molecule has 1 N–H and O–H groups in total. The number of hydrogen-bond donors (Lipinski definition) is 1. The normalized spacial score (nSPS) is 11.0. The van der Waals surface area contributed by atoms with E-state index in [1.807, 2.05) is 6.92 Å². The standard InChI is InChI=1S/C17H13ClO3/c1-2-14-16(13-8-5-11(18)9-15(13)21-14)17(20)10-3-6-12(19)7-4-10/h3-9,19H,2H2,1H3. The zero-order valence-electron chi connectivity index (χ0n) is 11.4. The number of furan rings is 1. The van der Waals surface area contributed by atoms with Gasteiger partial charge in [0.2, 0.25) is 0 Å². The predicted molar refractivity (Wildman–Crippen MR) is 82.1 cm³/mol. The minimum Gasteiger partial charge on any atom is -0.508 e. The van der Waals surface area contributed by atoms with Gasteiger partial charge in [-0.05, 0) is 36.4 Å². The van der Waals surface area contributed by atoms with Crippen molar-refractivity contribution < 1.29 is 14.3 Å². The summed E-state index contributed by atoms with van der Waals surface area (Å²) in [4.78, 5) is 12.7. The first-order valence-corrected chi connectivity index (χ1v) is 7.02. The number of aromatic hydroxyl groups is 1. The average molecular weight is 301 g/mol. The van der Waals surface area contributed by atoms with E-state index in [2.05, 4.69) is 0 Å². The van der Waals surface area contributed by atoms with E-state index in [9.17, 15) is 9.90 Å². The largest absolute Gasteiger partial charge is 0.508 e. The maximum atomic E-state index is 12.7. The summed E-state index contributed by atoms with van der Waals surface area (Å²) in [5.74, 6) is 0.657. The molecule has 0 unspecified atom stereocenters. The number of carbonyl (C=O) groups is 1. The molecular formula is C17H13ClO3. The van der Waals surface area contributed by atoms with E-state index >= 15 is 0 Å². The van der Waals surface area contributed by atoms with Crippen LogP contribution in [0.1, 0.15) is 28.6 Å². The van der Waals surface area contributed by atoms with E-state index in [0.29, 0.717) is 33.9 Å². The molecule has 21 heavy (non-hydrogen) atoms. The summed E-state index contributed by atoms with van der Waals surface area (Å²) >= 11 is 5.96. The molecule has 0 aliphatic heterocycles. The van der Waals surface area contributed by atoms with Crippen LogP contribution >= 0.6 is 11.6 Å². The van der Waals surface area contributed by atoms with Crippen molar-refractivity contribution in [1.82, 2.24) is 0 Å². The number of fused-ring (bicyclic) bond motifs is 1. The molecular weight excluding hydrogens is 288 g/mol. The van der Waals surface area contributed by atoms with Gasteiger partial charge in [-0.25, -0.2) is 0 Å². The summed E-state index contributed by atoms with van der Waals surface area (Å²) < 4.78 is 5.74. The Morgan fingerprint density at radius 2 is 1.90 bits per heavy atom. The van der Waals surface area contributed by atoms with Crippen LogP contribution in [0.3, 0.4) is 0 Å². The van der Waals surface area contributed by atoms with Gasteiger partial charge >= 0.3 is 0 Å². The molecule has 2 aromatic carbocycles. The number of carbonyl (C=O) groups excluding carboxylic acids is 1. The van der Waals surface area contributed by atoms with Gasteiger partial charge in [0.1, 0.15) is 17.1 Å². The zero-order chi connectivity index (χ0) is 15.0. The molecule has 4 heteroatoms. The predicted octanol–water partition coefficient (Wildman–Crippen LogP) is 4.59. The quantitative estimate of drug-likeness (QED) is 0.720. The molecule has 1 aromatic heterocycles. The molecule has 0 amide bonds. The number of aryl methyl sites for hydroxylation is 1. The third-order valence-electron chi connectivity index (χ3n) is 3.40. The van der Waals surface area contributed by atoms with Crippen LogP contribution in [0.5, 0.6) is 5.75 Å². The van der Waals surface area contributed by atoms with E-state index in [1.165, 1.54) is 12.1 Å². The fourth-order valence-corrected chi connectivity index (χ4v) is 2.54. The molecule has 106 valence electrons. The summed E-state index contributed by atoms with van der Waals surface area (Å²) in [6.07, 6.45) is 0.617. The van der Waals surface area contributed by atoms with E-state index in [-0.39, 0.29) is 11.5 Å². The van der Waals surface area contributed by atoms with Crippen molar-refractivity contribution in [3.63, 3.8) is 0 Å². The van der Waals surface area contributed by atoms with Crippen molar-refractivity contribution >= 4 is 28.4 Å². The molecule has 0 saturated heterocycles. The molecule has 0 spiro atoms. The van der Waals surface area contributed by atoms with Crippen molar-refractivity contribution in [3.05, 3.63) is 64.4 Å². The Morgan fingerprint density at radius 1 is 1.19 bits per heavy atom. The molecule has 3 aromatic rings. The second-order valence-electron chi connectivity index (χ2n) is 4.77. The molecule has 0 radical (unpaired) electrons. The molecule has 0 saturated carbocycles. The number of hydrogen-bond acceptors (Lipinski definition) is 3. The van der Waals surface area contributed by atoms with Crippen molar-refractivity contribution in [3.8, 4) is 5.75 Å². The monoisotopic (exact) mass is 300 g/mol. The lowest BCUT2D eigenvalue weighted by Crippen LogP contribution is -2.03. The first-order chi connectivity index (χ1) is 10.1. The minimum atomic E-state index is -0.118. The Bertz CT molecular complexity index is 816. The molecule has 0 aliphatic rings. The number of rotatable bonds is 3. The maximum absolute atomic E-state index is 12.7. The Hall–Kier alpha value is -2.26. The van der Waals surface area contributed by atoms with Gasteiger partial charge in [-0.3, -0.25) is 4.79 Å². The van der Waals surface area contributed by atoms with Gasteiger partial charge in [0, 0.05) is 28.5 Å². The Labute approximate surface area is 126 Å². The van der Waals surface area contributed by atoms with Crippen molar-refractivity contribution in [2.24, 2.45) is 0 Å². The second kappa shape index (κ2) is 5.26. The van der Waals surface area contributed by atoms with E-state index in [4.69, 9.17) is 16.0 Å². The van der Waals surface area contributed by atoms with Gasteiger partial charge in [0.25, 0.3) is 0 Å². The minimum absolute atomic E-state index is 0.118. The molecule has 0 fully saturated rings. The number of phenolic OH excluding ortho intramolecular Hbond substituents is 1. The van der Waals surface area contributed by atoms with Crippen molar-refractivity contribution in [2.75, 3.05) is 0 Å². The van der Waals surface area contributed by atoms with E-state index in [1.54, 1.807) is 30.3 Å². The van der Waals surface area contributed by atoms with Gasteiger partial charge in [-0.15, -0.1) is 0 Å². The summed E-state index contributed by atoms with van der Waals surface area (Å²) in [6.45, 7) is 1.94. The Balaban J connectivity index is 2.18. The average Bonchev–Trinajstić information content (AvgIpc) is 2.84.